The smallest absolute Gasteiger partial charge is 0.251 e. The Kier molecular flexibility index (Phi) is 4.73. The van der Waals surface area contributed by atoms with Gasteiger partial charge in [0.05, 0.1) is 23.1 Å². The largest absolute Gasteiger partial charge is 0.504 e. The van der Waals surface area contributed by atoms with Crippen LogP contribution in [0.5, 0.6) is 5.75 Å². The summed E-state index contributed by atoms with van der Waals surface area (Å²) >= 11 is 5.21. The van der Waals surface area contributed by atoms with E-state index in [1.54, 1.807) is 0 Å². The number of aromatic hydroxyl groups is 1. The van der Waals surface area contributed by atoms with Gasteiger partial charge in [0, 0.05) is 9.85 Å². The summed E-state index contributed by atoms with van der Waals surface area (Å²) in [5.74, 6) is 0.349. The number of aromatic nitrogens is 2. The van der Waals surface area contributed by atoms with Crippen LogP contribution in [0.25, 0.3) is 0 Å². The number of nitrogens with two attached hydrogens (primary N) is 1. The van der Waals surface area contributed by atoms with Crippen LogP contribution in [0.1, 0.15) is 0 Å². The third kappa shape index (κ3) is 3.52. The molecule has 2 heterocycles. The van der Waals surface area contributed by atoms with Crippen molar-refractivity contribution in [2.45, 2.75) is 4.21 Å². The molecule has 0 aliphatic rings. The first-order valence-corrected chi connectivity index (χ1v) is 10.3. The van der Waals surface area contributed by atoms with Crippen molar-refractivity contribution in [2.24, 2.45) is 5.14 Å². The Morgan fingerprint density at radius 3 is 2.33 bits per heavy atom. The molecule has 0 saturated heterocycles. The van der Waals surface area contributed by atoms with E-state index in [0.717, 1.165) is 33.2 Å². The summed E-state index contributed by atoms with van der Waals surface area (Å²) in [6.07, 6.45) is 0. The summed E-state index contributed by atoms with van der Waals surface area (Å²) in [5, 5.41) is 22.4. The lowest BCUT2D eigenvalue weighted by Crippen LogP contribution is -2.10. The highest BCUT2D eigenvalue weighted by Gasteiger charge is 2.21. The number of para-hydroxylation sites is 1. The molecule has 0 spiro atoms. The molecule has 1 aromatic carbocycles. The van der Waals surface area contributed by atoms with Gasteiger partial charge in [-0.25, -0.2) is 13.6 Å². The first-order chi connectivity index (χ1) is 11.4. The summed E-state index contributed by atoms with van der Waals surface area (Å²) in [6.45, 7) is 0. The number of halogens is 1. The number of nitrogens with zero attached hydrogens (tertiary/aromatic N) is 2. The lowest BCUT2D eigenvalue weighted by molar-refractivity contribution is 0.466. The third-order valence-corrected chi connectivity index (χ3v) is 6.54. The van der Waals surface area contributed by atoms with E-state index in [0.29, 0.717) is 11.6 Å². The zero-order valence-electron chi connectivity index (χ0n) is 11.7. The van der Waals surface area contributed by atoms with Crippen molar-refractivity contribution in [2.75, 3.05) is 10.6 Å². The Bertz CT molecular complexity index is 985. The molecule has 2 aromatic heterocycles. The molecule has 0 unspecified atom stereocenters. The van der Waals surface area contributed by atoms with Crippen LogP contribution in [0.3, 0.4) is 0 Å². The highest BCUT2D eigenvalue weighted by Crippen LogP contribution is 2.39. The number of thiophene rings is 1. The minimum Gasteiger partial charge on any atom is -0.504 e. The second-order valence-electron chi connectivity index (χ2n) is 4.52. The fourth-order valence-electron chi connectivity index (χ4n) is 1.79. The Labute approximate surface area is 153 Å². The summed E-state index contributed by atoms with van der Waals surface area (Å²) < 4.78 is 31.5. The van der Waals surface area contributed by atoms with Gasteiger partial charge < -0.3 is 15.7 Å². The monoisotopic (exact) mass is 447 g/mol. The van der Waals surface area contributed by atoms with Gasteiger partial charge in [0.1, 0.15) is 0 Å². The first-order valence-electron chi connectivity index (χ1n) is 6.30. The summed E-state index contributed by atoms with van der Waals surface area (Å²) in [7, 11) is -3.98. The maximum atomic E-state index is 11.4. The summed E-state index contributed by atoms with van der Waals surface area (Å²) in [6, 6.07) is 7.47. The number of hydrogen-bond acceptors (Lipinski definition) is 9. The molecule has 126 valence electrons. The predicted molar refractivity (Wildman–Crippen MR) is 98.0 cm³/mol. The van der Waals surface area contributed by atoms with Crippen LogP contribution in [-0.2, 0) is 10.0 Å². The van der Waals surface area contributed by atoms with E-state index in [4.69, 9.17) is 5.14 Å². The van der Waals surface area contributed by atoms with Crippen molar-refractivity contribution in [3.63, 3.8) is 0 Å². The van der Waals surface area contributed by atoms with Gasteiger partial charge in [-0.1, -0.05) is 12.1 Å². The fraction of sp³-hybridized carbons (Fsp3) is 0. The number of nitrogens with one attached hydrogen (secondary N) is 2. The van der Waals surface area contributed by atoms with Crippen LogP contribution in [0.15, 0.2) is 38.3 Å². The van der Waals surface area contributed by atoms with Crippen LogP contribution in [-0.4, -0.2) is 22.3 Å². The van der Waals surface area contributed by atoms with Gasteiger partial charge in [0.15, 0.2) is 21.6 Å². The van der Waals surface area contributed by atoms with Gasteiger partial charge in [-0.05, 0) is 28.1 Å². The van der Waals surface area contributed by atoms with Crippen molar-refractivity contribution < 1.29 is 13.5 Å². The Balaban J connectivity index is 1.87. The molecule has 5 N–H and O–H groups in total. The molecule has 3 aromatic rings. The van der Waals surface area contributed by atoms with Crippen molar-refractivity contribution in [1.82, 2.24) is 8.75 Å². The third-order valence-electron chi connectivity index (χ3n) is 2.86. The molecule has 0 fully saturated rings. The number of benzene rings is 1. The van der Waals surface area contributed by atoms with E-state index in [1.165, 1.54) is 5.38 Å². The molecule has 0 bridgehead atoms. The normalized spacial score (nSPS) is 11.4. The molecule has 0 atom stereocenters. The van der Waals surface area contributed by atoms with Gasteiger partial charge in [0.2, 0.25) is 0 Å². The molecular formula is C12H10BrN5O3S3. The van der Waals surface area contributed by atoms with E-state index >= 15 is 0 Å². The first kappa shape index (κ1) is 17.1. The molecule has 0 aliphatic heterocycles. The number of hydrogen-bond donors (Lipinski definition) is 4. The zero-order chi connectivity index (χ0) is 17.3. The van der Waals surface area contributed by atoms with Crippen molar-refractivity contribution in [3.8, 4) is 5.75 Å². The SMILES string of the molecule is NS(=O)(=O)c1scc(Nc2nsnc2Nc2ccccc2Br)c1O. The number of anilines is 4. The van der Waals surface area contributed by atoms with Crippen LogP contribution in [0, 0.1) is 0 Å². The Morgan fingerprint density at radius 2 is 1.75 bits per heavy atom. The van der Waals surface area contributed by atoms with Gasteiger partial charge in [0.25, 0.3) is 10.0 Å². The van der Waals surface area contributed by atoms with E-state index in [-0.39, 0.29) is 9.90 Å². The average Bonchev–Trinajstić information content (AvgIpc) is 3.09. The van der Waals surface area contributed by atoms with E-state index < -0.39 is 15.8 Å². The molecule has 3 rings (SSSR count). The zero-order valence-corrected chi connectivity index (χ0v) is 15.8. The van der Waals surface area contributed by atoms with Gasteiger partial charge >= 0.3 is 0 Å². The summed E-state index contributed by atoms with van der Waals surface area (Å²) in [4.78, 5) is 0. The van der Waals surface area contributed by atoms with Gasteiger partial charge in [-0.3, -0.25) is 0 Å². The average molecular weight is 448 g/mol. The van der Waals surface area contributed by atoms with Crippen molar-refractivity contribution >= 4 is 72.0 Å². The fourth-order valence-corrected chi connectivity index (χ4v) is 4.32. The minimum atomic E-state index is -3.98. The van der Waals surface area contributed by atoms with E-state index in [2.05, 4.69) is 35.3 Å². The molecule has 0 aliphatic carbocycles. The highest BCUT2D eigenvalue weighted by atomic mass is 79.9. The maximum absolute atomic E-state index is 11.4. The van der Waals surface area contributed by atoms with Crippen molar-refractivity contribution in [1.29, 1.82) is 0 Å². The Hall–Kier alpha value is -1.73. The second-order valence-corrected chi connectivity index (χ2v) is 8.54. The number of primary sulfonamides is 1. The quantitative estimate of drug-likeness (QED) is 0.472. The van der Waals surface area contributed by atoms with E-state index in [1.807, 2.05) is 24.3 Å². The number of rotatable bonds is 5. The van der Waals surface area contributed by atoms with Crippen LogP contribution in [0.4, 0.5) is 23.0 Å². The molecule has 24 heavy (non-hydrogen) atoms. The van der Waals surface area contributed by atoms with E-state index in [9.17, 15) is 13.5 Å². The maximum Gasteiger partial charge on any atom is 0.251 e. The lowest BCUT2D eigenvalue weighted by atomic mass is 10.3. The van der Waals surface area contributed by atoms with Crippen molar-refractivity contribution in [3.05, 3.63) is 34.1 Å². The number of sulfonamides is 1. The van der Waals surface area contributed by atoms with Crippen LogP contribution >= 0.6 is 39.0 Å². The van der Waals surface area contributed by atoms with Crippen LogP contribution in [0.2, 0.25) is 0 Å². The molecule has 8 nitrogen and oxygen atoms in total. The van der Waals surface area contributed by atoms with Gasteiger partial charge in [-0.15, -0.1) is 11.3 Å². The topological polar surface area (TPSA) is 130 Å². The second kappa shape index (κ2) is 6.64. The molecular weight excluding hydrogens is 438 g/mol. The van der Waals surface area contributed by atoms with Crippen LogP contribution < -0.4 is 15.8 Å². The molecule has 0 amide bonds. The molecule has 12 heteroatoms. The lowest BCUT2D eigenvalue weighted by Gasteiger charge is -2.08. The molecule has 0 saturated carbocycles. The standard InChI is InChI=1S/C12H10BrN5O3S3/c13-6-3-1-2-4-7(6)15-10-11(18-23-17-10)16-8-5-22-12(9(8)19)24(14,20)21/h1-5,19H,(H,15,17)(H,16,18)(H2,14,20,21). The predicted octanol–water partition coefficient (Wildman–Crippen LogP) is 3.20. The Morgan fingerprint density at radius 1 is 1.12 bits per heavy atom. The minimum absolute atomic E-state index is 0.187. The molecule has 0 radical (unpaired) electrons. The summed E-state index contributed by atoms with van der Waals surface area (Å²) in [5.41, 5.74) is 0.972. The van der Waals surface area contributed by atoms with Gasteiger partial charge in [-0.2, -0.15) is 8.75 Å². The highest BCUT2D eigenvalue weighted by molar-refractivity contribution is 9.10.